The molecule has 0 aliphatic heterocycles. The Kier molecular flexibility index (Phi) is 5.11. The van der Waals surface area contributed by atoms with Gasteiger partial charge in [0.15, 0.2) is 0 Å². The lowest BCUT2D eigenvalue weighted by Gasteiger charge is -2.03. The molecular weight excluding hydrogens is 384 g/mol. The second-order valence-corrected chi connectivity index (χ2v) is 6.05. The smallest absolute Gasteiger partial charge is 0.262 e. The third-order valence-electron chi connectivity index (χ3n) is 3.47. The van der Waals surface area contributed by atoms with Crippen LogP contribution in [0.25, 0.3) is 17.3 Å². The van der Waals surface area contributed by atoms with Gasteiger partial charge in [-0.1, -0.05) is 28.1 Å². The second-order valence-electron chi connectivity index (χ2n) is 5.14. The van der Waals surface area contributed by atoms with E-state index < -0.39 is 5.91 Å². The van der Waals surface area contributed by atoms with E-state index in [0.29, 0.717) is 11.3 Å². The van der Waals surface area contributed by atoms with Crippen molar-refractivity contribution in [2.45, 2.75) is 6.54 Å². The molecule has 0 radical (unpaired) electrons. The number of hydrogen-bond acceptors (Lipinski definition) is 4. The van der Waals surface area contributed by atoms with E-state index in [9.17, 15) is 10.1 Å². The normalized spacial score (nSPS) is 11.1. The summed E-state index contributed by atoms with van der Waals surface area (Å²) < 4.78 is 6.11. The molecule has 2 aromatic heterocycles. The summed E-state index contributed by atoms with van der Waals surface area (Å²) in [7, 11) is 0. The number of hydrogen-bond donors (Lipinski definition) is 2. The van der Waals surface area contributed by atoms with Crippen LogP contribution in [0, 0.1) is 11.3 Å². The summed E-state index contributed by atoms with van der Waals surface area (Å²) in [6.45, 7) is 0.218. The first-order valence-corrected chi connectivity index (χ1v) is 8.18. The molecule has 0 aliphatic rings. The van der Waals surface area contributed by atoms with Gasteiger partial charge in [-0.2, -0.15) is 10.4 Å². The first-order valence-electron chi connectivity index (χ1n) is 7.39. The summed E-state index contributed by atoms with van der Waals surface area (Å²) in [6.07, 6.45) is 4.62. The fraction of sp³-hybridized carbons (Fsp3) is 0.0556. The quantitative estimate of drug-likeness (QED) is 0.508. The van der Waals surface area contributed by atoms with E-state index in [0.717, 1.165) is 15.7 Å². The van der Waals surface area contributed by atoms with Crippen molar-refractivity contribution in [2.75, 3.05) is 0 Å². The molecule has 0 unspecified atom stereocenters. The van der Waals surface area contributed by atoms with E-state index in [-0.39, 0.29) is 12.1 Å². The lowest BCUT2D eigenvalue weighted by atomic mass is 10.1. The van der Waals surface area contributed by atoms with Gasteiger partial charge in [0.2, 0.25) is 0 Å². The van der Waals surface area contributed by atoms with Crippen molar-refractivity contribution in [3.63, 3.8) is 0 Å². The van der Waals surface area contributed by atoms with E-state index in [4.69, 9.17) is 4.42 Å². The van der Waals surface area contributed by atoms with Gasteiger partial charge in [-0.3, -0.25) is 9.89 Å². The van der Waals surface area contributed by atoms with Crippen molar-refractivity contribution in [1.29, 1.82) is 5.26 Å². The zero-order chi connectivity index (χ0) is 17.6. The first-order chi connectivity index (χ1) is 12.2. The minimum Gasteiger partial charge on any atom is -0.467 e. The third-order valence-corrected chi connectivity index (χ3v) is 4.00. The molecule has 6 nitrogen and oxygen atoms in total. The maximum Gasteiger partial charge on any atom is 0.262 e. The lowest BCUT2D eigenvalue weighted by Crippen LogP contribution is -2.23. The highest BCUT2D eigenvalue weighted by molar-refractivity contribution is 9.10. The number of carbonyl (C=O) groups is 1. The number of nitrogens with one attached hydrogen (secondary N) is 2. The lowest BCUT2D eigenvalue weighted by molar-refractivity contribution is -0.117. The number of nitriles is 1. The molecule has 0 bridgehead atoms. The molecule has 0 saturated heterocycles. The minimum atomic E-state index is -0.471. The number of amides is 1. The molecule has 2 N–H and O–H groups in total. The second kappa shape index (κ2) is 7.64. The number of H-pyrrole nitrogens is 1. The van der Waals surface area contributed by atoms with Crippen molar-refractivity contribution in [3.8, 4) is 17.3 Å². The minimum absolute atomic E-state index is 0.00804. The number of rotatable bonds is 5. The van der Waals surface area contributed by atoms with Gasteiger partial charge in [-0.25, -0.2) is 0 Å². The zero-order valence-electron chi connectivity index (χ0n) is 13.0. The topological polar surface area (TPSA) is 94.7 Å². The number of furan rings is 1. The van der Waals surface area contributed by atoms with Gasteiger partial charge < -0.3 is 9.73 Å². The Hall–Kier alpha value is -3.11. The summed E-state index contributed by atoms with van der Waals surface area (Å²) in [4.78, 5) is 12.2. The van der Waals surface area contributed by atoms with Crippen LogP contribution in [0.15, 0.2) is 63.3 Å². The number of carbonyl (C=O) groups excluding carboxylic acids is 1. The van der Waals surface area contributed by atoms with Crippen LogP contribution in [-0.4, -0.2) is 16.1 Å². The Labute approximate surface area is 152 Å². The summed E-state index contributed by atoms with van der Waals surface area (Å²) >= 11 is 3.39. The molecule has 0 spiro atoms. The maximum atomic E-state index is 12.2. The molecule has 124 valence electrons. The fourth-order valence-electron chi connectivity index (χ4n) is 2.23. The van der Waals surface area contributed by atoms with E-state index >= 15 is 0 Å². The van der Waals surface area contributed by atoms with Crippen LogP contribution < -0.4 is 5.32 Å². The van der Waals surface area contributed by atoms with Crippen molar-refractivity contribution in [2.24, 2.45) is 0 Å². The number of nitrogens with zero attached hydrogens (tertiary/aromatic N) is 2. The van der Waals surface area contributed by atoms with Crippen molar-refractivity contribution < 1.29 is 9.21 Å². The third kappa shape index (κ3) is 4.05. The van der Waals surface area contributed by atoms with Crippen molar-refractivity contribution >= 4 is 27.9 Å². The predicted octanol–water partition coefficient (Wildman–Crippen LogP) is 3.66. The van der Waals surface area contributed by atoms with Crippen molar-refractivity contribution in [3.05, 3.63) is 70.2 Å². The van der Waals surface area contributed by atoms with Crippen LogP contribution in [0.1, 0.15) is 11.3 Å². The number of aromatic amines is 1. The Bertz CT molecular complexity index is 934. The molecule has 25 heavy (non-hydrogen) atoms. The molecule has 1 aromatic carbocycles. The van der Waals surface area contributed by atoms with E-state index in [2.05, 4.69) is 31.4 Å². The van der Waals surface area contributed by atoms with Crippen LogP contribution in [0.5, 0.6) is 0 Å². The summed E-state index contributed by atoms with van der Waals surface area (Å²) in [5.41, 5.74) is 2.29. The summed E-state index contributed by atoms with van der Waals surface area (Å²) in [6, 6.07) is 13.1. The largest absolute Gasteiger partial charge is 0.467 e. The van der Waals surface area contributed by atoms with E-state index in [1.165, 1.54) is 12.3 Å². The van der Waals surface area contributed by atoms with Gasteiger partial charge in [-0.05, 0) is 30.3 Å². The monoisotopic (exact) mass is 396 g/mol. The maximum absolute atomic E-state index is 12.2. The molecule has 3 rings (SSSR count). The van der Waals surface area contributed by atoms with E-state index in [1.807, 2.05) is 30.3 Å². The Morgan fingerprint density at radius 3 is 2.84 bits per heavy atom. The Balaban J connectivity index is 1.81. The highest BCUT2D eigenvalue weighted by Gasteiger charge is 2.12. The average Bonchev–Trinajstić information content (AvgIpc) is 3.30. The number of halogens is 1. The fourth-order valence-corrected chi connectivity index (χ4v) is 2.50. The molecule has 2 heterocycles. The van der Waals surface area contributed by atoms with Crippen LogP contribution in [-0.2, 0) is 11.3 Å². The van der Waals surface area contributed by atoms with Gasteiger partial charge in [0.25, 0.3) is 5.91 Å². The molecule has 0 aliphatic carbocycles. The van der Waals surface area contributed by atoms with Crippen LogP contribution in [0.4, 0.5) is 0 Å². The molecule has 3 aromatic rings. The standard InChI is InChI=1S/C18H13BrN4O2/c19-15-5-3-12(4-6-15)17-14(10-22-23-17)8-13(9-20)18(24)21-11-16-2-1-7-25-16/h1-8,10H,11H2,(H,21,24)(H,22,23). The molecule has 1 amide bonds. The van der Waals surface area contributed by atoms with Gasteiger partial charge in [0, 0.05) is 15.6 Å². The highest BCUT2D eigenvalue weighted by atomic mass is 79.9. The molecule has 0 saturated carbocycles. The Morgan fingerprint density at radius 2 is 2.16 bits per heavy atom. The molecule has 0 atom stereocenters. The first kappa shape index (κ1) is 16.7. The number of benzene rings is 1. The van der Waals surface area contributed by atoms with Gasteiger partial charge in [0.05, 0.1) is 24.7 Å². The average molecular weight is 397 g/mol. The van der Waals surface area contributed by atoms with Crippen LogP contribution in [0.3, 0.4) is 0 Å². The van der Waals surface area contributed by atoms with Crippen LogP contribution in [0.2, 0.25) is 0 Å². The van der Waals surface area contributed by atoms with Gasteiger partial charge in [-0.15, -0.1) is 0 Å². The van der Waals surface area contributed by atoms with Crippen molar-refractivity contribution in [1.82, 2.24) is 15.5 Å². The SMILES string of the molecule is N#CC(=Cc1cn[nH]c1-c1ccc(Br)cc1)C(=O)NCc1ccco1. The summed E-state index contributed by atoms with van der Waals surface area (Å²) in [5, 5.41) is 18.9. The molecule has 7 heteroatoms. The molecule has 0 fully saturated rings. The zero-order valence-corrected chi connectivity index (χ0v) is 14.6. The summed E-state index contributed by atoms with van der Waals surface area (Å²) in [5.74, 6) is 0.145. The van der Waals surface area contributed by atoms with E-state index in [1.54, 1.807) is 18.3 Å². The highest BCUT2D eigenvalue weighted by Crippen LogP contribution is 2.24. The van der Waals surface area contributed by atoms with Gasteiger partial charge >= 0.3 is 0 Å². The predicted molar refractivity (Wildman–Crippen MR) is 95.9 cm³/mol. The van der Waals surface area contributed by atoms with Gasteiger partial charge in [0.1, 0.15) is 17.4 Å². The Morgan fingerprint density at radius 1 is 1.36 bits per heavy atom. The van der Waals surface area contributed by atoms with Crippen LogP contribution >= 0.6 is 15.9 Å². The number of aromatic nitrogens is 2. The molecular formula is C18H13BrN4O2.